The van der Waals surface area contributed by atoms with Crippen molar-refractivity contribution in [2.24, 2.45) is 5.73 Å². The van der Waals surface area contributed by atoms with Gasteiger partial charge in [0.25, 0.3) is 5.69 Å². The Kier molecular flexibility index (Phi) is 4.66. The number of nitrogens with zero attached hydrogens (tertiary/aromatic N) is 2. The molecule has 0 atom stereocenters. The first-order chi connectivity index (χ1) is 8.32. The van der Waals surface area contributed by atoms with Crippen LogP contribution in [0.5, 0.6) is 0 Å². The van der Waals surface area contributed by atoms with Crippen LogP contribution in [0.4, 0.5) is 11.4 Å². The minimum atomic E-state index is -0.527. The van der Waals surface area contributed by atoms with Crippen molar-refractivity contribution in [2.75, 3.05) is 11.4 Å². The number of halogens is 1. The van der Waals surface area contributed by atoms with Gasteiger partial charge in [-0.15, -0.1) is 0 Å². The molecule has 98 valence electrons. The number of hydrogen-bond acceptors (Lipinski definition) is 4. The number of carbonyl (C=O) groups is 1. The van der Waals surface area contributed by atoms with E-state index in [-0.39, 0.29) is 18.3 Å². The minimum absolute atomic E-state index is 0.0554. The Labute approximate surface area is 113 Å². The molecule has 0 aromatic heterocycles. The maximum Gasteiger partial charge on any atom is 0.293 e. The fourth-order valence-corrected chi connectivity index (χ4v) is 1.95. The van der Waals surface area contributed by atoms with Gasteiger partial charge >= 0.3 is 0 Å². The Balaban J connectivity index is 3.27. The summed E-state index contributed by atoms with van der Waals surface area (Å²) in [5.41, 5.74) is 5.49. The molecule has 0 bridgehead atoms. The molecule has 1 rings (SSSR count). The highest BCUT2D eigenvalue weighted by molar-refractivity contribution is 9.10. The highest BCUT2D eigenvalue weighted by Gasteiger charge is 2.22. The van der Waals surface area contributed by atoms with E-state index >= 15 is 0 Å². The molecule has 0 saturated carbocycles. The number of rotatable bonds is 5. The van der Waals surface area contributed by atoms with Gasteiger partial charge in [0.2, 0.25) is 5.91 Å². The van der Waals surface area contributed by atoms with Crippen LogP contribution in [-0.2, 0) is 4.79 Å². The van der Waals surface area contributed by atoms with Crippen LogP contribution < -0.4 is 10.6 Å². The Morgan fingerprint density at radius 2 is 2.17 bits per heavy atom. The standard InChI is InChI=1S/C11H14BrN3O3/c1-7(2)14(6-11(13)16)9-4-3-8(12)5-10(9)15(17)18/h3-5,7H,6H2,1-2H3,(H2,13,16). The first kappa shape index (κ1) is 14.4. The van der Waals surface area contributed by atoms with Crippen LogP contribution in [0.2, 0.25) is 0 Å². The zero-order chi connectivity index (χ0) is 13.9. The van der Waals surface area contributed by atoms with Gasteiger partial charge in [0.15, 0.2) is 0 Å². The van der Waals surface area contributed by atoms with Crippen molar-refractivity contribution < 1.29 is 9.72 Å². The Hall–Kier alpha value is -1.63. The van der Waals surface area contributed by atoms with E-state index in [1.165, 1.54) is 6.07 Å². The van der Waals surface area contributed by atoms with Gasteiger partial charge in [-0.2, -0.15) is 0 Å². The lowest BCUT2D eigenvalue weighted by atomic mass is 10.2. The van der Waals surface area contributed by atoms with Gasteiger partial charge in [0.05, 0.1) is 11.5 Å². The molecule has 0 fully saturated rings. The molecule has 7 heteroatoms. The van der Waals surface area contributed by atoms with E-state index in [2.05, 4.69) is 15.9 Å². The average molecular weight is 316 g/mol. The minimum Gasteiger partial charge on any atom is -0.368 e. The molecule has 1 amide bonds. The number of benzene rings is 1. The van der Waals surface area contributed by atoms with E-state index < -0.39 is 10.8 Å². The second kappa shape index (κ2) is 5.81. The normalized spacial score (nSPS) is 10.4. The molecule has 1 aromatic carbocycles. The lowest BCUT2D eigenvalue weighted by molar-refractivity contribution is -0.384. The van der Waals surface area contributed by atoms with Crippen LogP contribution in [0.3, 0.4) is 0 Å². The number of nitro groups is 1. The second-order valence-electron chi connectivity index (χ2n) is 4.08. The smallest absolute Gasteiger partial charge is 0.293 e. The molecular weight excluding hydrogens is 302 g/mol. The summed E-state index contributed by atoms with van der Waals surface area (Å²) >= 11 is 3.19. The molecule has 2 N–H and O–H groups in total. The fourth-order valence-electron chi connectivity index (χ4n) is 1.60. The van der Waals surface area contributed by atoms with Gasteiger partial charge in [0.1, 0.15) is 5.69 Å². The number of nitro benzene ring substituents is 1. The average Bonchev–Trinajstić information content (AvgIpc) is 2.25. The van der Waals surface area contributed by atoms with Crippen molar-refractivity contribution in [3.63, 3.8) is 0 Å². The quantitative estimate of drug-likeness (QED) is 0.665. The molecule has 0 unspecified atom stereocenters. The molecule has 0 spiro atoms. The molecule has 0 aliphatic carbocycles. The topological polar surface area (TPSA) is 89.5 Å². The SMILES string of the molecule is CC(C)N(CC(N)=O)c1ccc(Br)cc1[N+](=O)[O-]. The summed E-state index contributed by atoms with van der Waals surface area (Å²) < 4.78 is 0.612. The fraction of sp³-hybridized carbons (Fsp3) is 0.364. The van der Waals surface area contributed by atoms with Gasteiger partial charge in [0, 0.05) is 16.6 Å². The number of hydrogen-bond donors (Lipinski definition) is 1. The predicted octanol–water partition coefficient (Wildman–Crippen LogP) is 2.06. The summed E-state index contributed by atoms with van der Waals surface area (Å²) in [6.45, 7) is 3.63. The van der Waals surface area contributed by atoms with Crippen LogP contribution in [0, 0.1) is 10.1 Å². The molecular formula is C11H14BrN3O3. The summed E-state index contributed by atoms with van der Waals surface area (Å²) in [6, 6.07) is 4.63. The van der Waals surface area contributed by atoms with Gasteiger partial charge in [-0.25, -0.2) is 0 Å². The van der Waals surface area contributed by atoms with Crippen LogP contribution in [-0.4, -0.2) is 23.4 Å². The van der Waals surface area contributed by atoms with Crippen molar-refractivity contribution in [3.8, 4) is 0 Å². The van der Waals surface area contributed by atoms with Crippen LogP contribution >= 0.6 is 15.9 Å². The number of anilines is 1. The van der Waals surface area contributed by atoms with E-state index in [1.807, 2.05) is 13.8 Å². The molecule has 18 heavy (non-hydrogen) atoms. The third-order valence-electron chi connectivity index (χ3n) is 2.39. The Morgan fingerprint density at radius 1 is 1.56 bits per heavy atom. The third kappa shape index (κ3) is 3.43. The predicted molar refractivity (Wildman–Crippen MR) is 72.5 cm³/mol. The zero-order valence-electron chi connectivity index (χ0n) is 10.1. The summed E-state index contributed by atoms with van der Waals surface area (Å²) in [4.78, 5) is 23.2. The lowest BCUT2D eigenvalue weighted by Gasteiger charge is -2.27. The molecule has 6 nitrogen and oxygen atoms in total. The van der Waals surface area contributed by atoms with Crippen molar-refractivity contribution >= 4 is 33.2 Å². The highest BCUT2D eigenvalue weighted by Crippen LogP contribution is 2.32. The maximum atomic E-state index is 11.0. The van der Waals surface area contributed by atoms with Crippen LogP contribution in [0.25, 0.3) is 0 Å². The molecule has 0 aliphatic heterocycles. The molecule has 1 aromatic rings. The van der Waals surface area contributed by atoms with Gasteiger partial charge in [-0.05, 0) is 26.0 Å². The zero-order valence-corrected chi connectivity index (χ0v) is 11.7. The first-order valence-electron chi connectivity index (χ1n) is 5.31. The van der Waals surface area contributed by atoms with Crippen molar-refractivity contribution in [1.29, 1.82) is 0 Å². The van der Waals surface area contributed by atoms with Crippen LogP contribution in [0.1, 0.15) is 13.8 Å². The van der Waals surface area contributed by atoms with Crippen molar-refractivity contribution in [3.05, 3.63) is 32.8 Å². The van der Waals surface area contributed by atoms with E-state index in [0.717, 1.165) is 0 Å². The molecule has 0 radical (unpaired) electrons. The lowest BCUT2D eigenvalue weighted by Crippen LogP contribution is -2.38. The van der Waals surface area contributed by atoms with E-state index in [0.29, 0.717) is 10.2 Å². The maximum absolute atomic E-state index is 11.0. The van der Waals surface area contributed by atoms with Gasteiger partial charge in [-0.1, -0.05) is 15.9 Å². The Morgan fingerprint density at radius 3 is 2.61 bits per heavy atom. The number of primary amides is 1. The largest absolute Gasteiger partial charge is 0.368 e. The first-order valence-corrected chi connectivity index (χ1v) is 6.11. The van der Waals surface area contributed by atoms with Gasteiger partial charge in [-0.3, -0.25) is 14.9 Å². The summed E-state index contributed by atoms with van der Waals surface area (Å²) in [5, 5.41) is 11.0. The van der Waals surface area contributed by atoms with Crippen molar-refractivity contribution in [2.45, 2.75) is 19.9 Å². The molecule has 0 aliphatic rings. The van der Waals surface area contributed by atoms with E-state index in [9.17, 15) is 14.9 Å². The monoisotopic (exact) mass is 315 g/mol. The summed E-state index contributed by atoms with van der Waals surface area (Å²) in [7, 11) is 0. The third-order valence-corrected chi connectivity index (χ3v) is 2.89. The van der Waals surface area contributed by atoms with Crippen molar-refractivity contribution in [1.82, 2.24) is 0 Å². The Bertz CT molecular complexity index is 477. The molecule has 0 saturated heterocycles. The van der Waals surface area contributed by atoms with E-state index in [1.54, 1.807) is 17.0 Å². The summed E-state index contributed by atoms with van der Waals surface area (Å²) in [5.74, 6) is -0.527. The number of nitrogens with two attached hydrogens (primary N) is 1. The van der Waals surface area contributed by atoms with Gasteiger partial charge < -0.3 is 10.6 Å². The second-order valence-corrected chi connectivity index (χ2v) is 4.99. The van der Waals surface area contributed by atoms with E-state index in [4.69, 9.17) is 5.73 Å². The highest BCUT2D eigenvalue weighted by atomic mass is 79.9. The number of carbonyl (C=O) groups excluding carboxylic acids is 1. The number of amides is 1. The summed E-state index contributed by atoms with van der Waals surface area (Å²) in [6.07, 6.45) is 0. The van der Waals surface area contributed by atoms with Crippen LogP contribution in [0.15, 0.2) is 22.7 Å². The molecule has 0 heterocycles.